The fourth-order valence-electron chi connectivity index (χ4n) is 10.3. The quantitative estimate of drug-likeness (QED) is 0.0358. The maximum Gasteiger partial charge on any atom is 0.328 e. The van der Waals surface area contributed by atoms with Gasteiger partial charge in [0.25, 0.3) is 0 Å². The minimum atomic E-state index is -0.983. The molecule has 0 bridgehead atoms. The molecule has 450 valence electrons. The van der Waals surface area contributed by atoms with Crippen molar-refractivity contribution < 1.29 is 67.1 Å². The molecule has 21 heteroatoms. The van der Waals surface area contributed by atoms with Crippen molar-refractivity contribution in [3.05, 3.63) is 35.9 Å². The number of carbonyl (C=O) groups is 8. The summed E-state index contributed by atoms with van der Waals surface area (Å²) in [5.41, 5.74) is 0.813. The Bertz CT molecular complexity index is 2030. The van der Waals surface area contributed by atoms with E-state index in [2.05, 4.69) is 35.1 Å². The summed E-state index contributed by atoms with van der Waals surface area (Å²) in [6, 6.07) is 5.37. The number of ether oxygens (including phenoxy) is 5. The number of rotatable bonds is 37. The molecule has 1 aromatic carbocycles. The van der Waals surface area contributed by atoms with E-state index in [0.29, 0.717) is 25.8 Å². The van der Waals surface area contributed by atoms with Gasteiger partial charge in [0, 0.05) is 66.1 Å². The minimum absolute atomic E-state index is 0.0254. The van der Waals surface area contributed by atoms with Crippen molar-refractivity contribution in [2.75, 3.05) is 68.3 Å². The number of likely N-dealkylation sites (N-methyl/N-ethyl adjacent to an activating group) is 2. The number of benzene rings is 1. The third kappa shape index (κ3) is 23.0. The second kappa shape index (κ2) is 36.2. The smallest absolute Gasteiger partial charge is 0.328 e. The van der Waals surface area contributed by atoms with Crippen LogP contribution in [0.15, 0.2) is 30.3 Å². The molecule has 0 spiro atoms. The largest absolute Gasteiger partial charge is 0.464 e. The van der Waals surface area contributed by atoms with E-state index >= 15 is 0 Å². The minimum Gasteiger partial charge on any atom is -0.464 e. The van der Waals surface area contributed by atoms with Gasteiger partial charge < -0.3 is 59.9 Å². The zero-order chi connectivity index (χ0) is 59.5. The lowest BCUT2D eigenvalue weighted by Crippen LogP contribution is -2.58. The molecular formula is C58H99N7O14. The van der Waals surface area contributed by atoms with E-state index in [-0.39, 0.29) is 112 Å². The zero-order valence-corrected chi connectivity index (χ0v) is 50.2. The first-order chi connectivity index (χ1) is 37.4. The van der Waals surface area contributed by atoms with Gasteiger partial charge in [0.2, 0.25) is 35.4 Å². The molecule has 6 amide bonds. The molecule has 21 nitrogen and oxygen atoms in total. The molecule has 1 heterocycles. The fraction of sp³-hybridized carbons (Fsp3) is 0.759. The molecule has 0 saturated carbocycles. The van der Waals surface area contributed by atoms with Crippen LogP contribution in [0.25, 0.3) is 0 Å². The zero-order valence-electron chi connectivity index (χ0n) is 50.2. The standard InChI is InChI=1S/C58H99N7O14/c1-16-38(7)52(64(13)57(73)50(36(3)4)62-56(72)51(37(5)6)63(11)12)39(8)32-47(68)65-30-22-26-45(65)53(76-15)40(9)54(70)61-44(33-42-24-19-18-20-25-42)55(71)59-29-23-31-77-58(74)41(10)60-46(67)27-21-28-48(69)78-35-49(75-14)79-43(17-2)34-66/h18-20,24-25,36-41,43-45,49-53,66H,16-17,21-23,26-35H2,1-15H3,(H,59,71)(H,60,67)(H,61,70)(H,62,72)/t38?,39-,40-,41+,43?,44+,45+,49?,50+,51+,52+,53-/m1/s1. The molecule has 79 heavy (non-hydrogen) atoms. The fourth-order valence-corrected chi connectivity index (χ4v) is 10.3. The van der Waals surface area contributed by atoms with Crippen LogP contribution in [0.4, 0.5) is 0 Å². The summed E-state index contributed by atoms with van der Waals surface area (Å²) in [6.07, 6.45) is 1.25. The van der Waals surface area contributed by atoms with Crippen LogP contribution in [0.3, 0.4) is 0 Å². The summed E-state index contributed by atoms with van der Waals surface area (Å²) in [6.45, 7) is 19.1. The molecule has 1 aliphatic heterocycles. The van der Waals surface area contributed by atoms with Crippen LogP contribution in [0.1, 0.15) is 133 Å². The number of methoxy groups -OCH3 is 2. The van der Waals surface area contributed by atoms with Gasteiger partial charge in [0.15, 0.2) is 6.29 Å². The molecular weight excluding hydrogens is 1020 g/mol. The average molecular weight is 1120 g/mol. The van der Waals surface area contributed by atoms with Crippen LogP contribution in [-0.4, -0.2) is 190 Å². The van der Waals surface area contributed by atoms with Gasteiger partial charge in [-0.1, -0.05) is 99.1 Å². The van der Waals surface area contributed by atoms with Gasteiger partial charge in [0.1, 0.15) is 24.7 Å². The second-order valence-corrected chi connectivity index (χ2v) is 22.1. The van der Waals surface area contributed by atoms with E-state index in [1.165, 1.54) is 21.1 Å². The van der Waals surface area contributed by atoms with Crippen molar-refractivity contribution in [2.45, 2.75) is 188 Å². The highest BCUT2D eigenvalue weighted by molar-refractivity contribution is 5.91. The van der Waals surface area contributed by atoms with Crippen LogP contribution in [0, 0.1) is 29.6 Å². The van der Waals surface area contributed by atoms with Gasteiger partial charge in [-0.05, 0) is 82.4 Å². The number of aliphatic hydroxyl groups is 1. The Morgan fingerprint density at radius 1 is 0.772 bits per heavy atom. The molecule has 5 N–H and O–H groups in total. The molecule has 0 aliphatic carbocycles. The number of aliphatic hydroxyl groups excluding tert-OH is 1. The van der Waals surface area contributed by atoms with Crippen LogP contribution >= 0.6 is 0 Å². The predicted molar refractivity (Wildman–Crippen MR) is 300 cm³/mol. The van der Waals surface area contributed by atoms with Crippen molar-refractivity contribution >= 4 is 47.4 Å². The number of carbonyl (C=O) groups excluding carboxylic acids is 8. The van der Waals surface area contributed by atoms with Gasteiger partial charge in [-0.15, -0.1) is 0 Å². The van der Waals surface area contributed by atoms with Gasteiger partial charge in [-0.25, -0.2) is 4.79 Å². The van der Waals surface area contributed by atoms with Gasteiger partial charge in [-0.2, -0.15) is 0 Å². The first-order valence-electron chi connectivity index (χ1n) is 28.5. The lowest BCUT2D eigenvalue weighted by atomic mass is 9.84. The third-order valence-electron chi connectivity index (χ3n) is 14.9. The number of hydrogen-bond donors (Lipinski definition) is 5. The van der Waals surface area contributed by atoms with Crippen molar-refractivity contribution in [3.63, 3.8) is 0 Å². The number of hydrogen-bond acceptors (Lipinski definition) is 15. The third-order valence-corrected chi connectivity index (χ3v) is 14.9. The molecule has 1 aliphatic rings. The summed E-state index contributed by atoms with van der Waals surface area (Å²) in [5, 5.41) is 20.7. The Balaban J connectivity index is 2.04. The summed E-state index contributed by atoms with van der Waals surface area (Å²) in [4.78, 5) is 113. The Morgan fingerprint density at radius 2 is 1.44 bits per heavy atom. The Labute approximate surface area is 471 Å². The molecule has 1 aromatic rings. The highest BCUT2D eigenvalue weighted by atomic mass is 16.7. The van der Waals surface area contributed by atoms with Crippen LogP contribution < -0.4 is 21.3 Å². The van der Waals surface area contributed by atoms with E-state index in [1.807, 2.05) is 90.9 Å². The molecule has 2 rings (SSSR count). The molecule has 0 radical (unpaired) electrons. The van der Waals surface area contributed by atoms with Crippen molar-refractivity contribution in [3.8, 4) is 0 Å². The Morgan fingerprint density at radius 3 is 2.01 bits per heavy atom. The van der Waals surface area contributed by atoms with E-state index < -0.39 is 84.3 Å². The second-order valence-electron chi connectivity index (χ2n) is 22.1. The van der Waals surface area contributed by atoms with Crippen LogP contribution in [-0.2, 0) is 68.5 Å². The first kappa shape index (κ1) is 69.9. The SMILES string of the molecule is CCC(CO)OC(COC(=O)CCCC(=O)N[C@@H](C)C(=O)OCCCNC(=O)[C@H](Cc1ccccc1)NC(=O)[C@H](C)[C@@H](OC)[C@@H]1CCCN1C(=O)C[C@@H](C)[C@H](C(C)CC)N(C)C(=O)[C@@H](NC(=O)[C@H](C(C)C)N(C)C)C(C)C)OC. The van der Waals surface area contributed by atoms with Crippen molar-refractivity contribution in [2.24, 2.45) is 29.6 Å². The molecule has 12 atom stereocenters. The number of esters is 2. The predicted octanol–water partition coefficient (Wildman–Crippen LogP) is 4.01. The van der Waals surface area contributed by atoms with Gasteiger partial charge in [-0.3, -0.25) is 38.5 Å². The normalized spacial score (nSPS) is 17.8. The lowest BCUT2D eigenvalue weighted by molar-refractivity contribution is -0.194. The topological polar surface area (TPSA) is 261 Å². The highest BCUT2D eigenvalue weighted by Crippen LogP contribution is 2.31. The summed E-state index contributed by atoms with van der Waals surface area (Å²) >= 11 is 0. The number of amides is 6. The molecule has 1 saturated heterocycles. The van der Waals surface area contributed by atoms with Gasteiger partial charge >= 0.3 is 11.9 Å². The maximum atomic E-state index is 14.4. The maximum absolute atomic E-state index is 14.4. The van der Waals surface area contributed by atoms with E-state index in [0.717, 1.165) is 12.0 Å². The lowest BCUT2D eigenvalue weighted by Gasteiger charge is -2.40. The summed E-state index contributed by atoms with van der Waals surface area (Å²) < 4.78 is 27.2. The molecule has 3 unspecified atom stereocenters. The molecule has 1 fully saturated rings. The number of nitrogens with zero attached hydrogens (tertiary/aromatic N) is 3. The van der Waals surface area contributed by atoms with E-state index in [4.69, 9.17) is 23.7 Å². The van der Waals surface area contributed by atoms with Crippen LogP contribution in [0.2, 0.25) is 0 Å². The molecule has 0 aromatic heterocycles. The highest BCUT2D eigenvalue weighted by Gasteiger charge is 2.43. The van der Waals surface area contributed by atoms with Crippen LogP contribution in [0.5, 0.6) is 0 Å². The number of likely N-dealkylation sites (tertiary alicyclic amines) is 1. The van der Waals surface area contributed by atoms with E-state index in [9.17, 15) is 43.5 Å². The first-order valence-corrected chi connectivity index (χ1v) is 28.5. The van der Waals surface area contributed by atoms with Gasteiger partial charge in [0.05, 0.1) is 43.4 Å². The Hall–Kier alpha value is -5.22. The monoisotopic (exact) mass is 1120 g/mol. The summed E-state index contributed by atoms with van der Waals surface area (Å²) in [5.74, 6) is -4.27. The Kier molecular flexibility index (Phi) is 32.0. The summed E-state index contributed by atoms with van der Waals surface area (Å²) in [7, 11) is 8.37. The average Bonchev–Trinajstić information content (AvgIpc) is 3.90. The number of nitrogens with one attached hydrogen (secondary N) is 4. The van der Waals surface area contributed by atoms with E-state index in [1.54, 1.807) is 23.8 Å². The van der Waals surface area contributed by atoms with Crippen molar-refractivity contribution in [1.29, 1.82) is 0 Å². The van der Waals surface area contributed by atoms with Crippen molar-refractivity contribution in [1.82, 2.24) is 36.0 Å².